The Kier molecular flexibility index (Phi) is 8.51. The van der Waals surface area contributed by atoms with Gasteiger partial charge in [0.25, 0.3) is 0 Å². The van der Waals surface area contributed by atoms with Crippen LogP contribution in [-0.4, -0.2) is 69.1 Å². The molecule has 1 atom stereocenters. The minimum atomic E-state index is -0.267. The summed E-state index contributed by atoms with van der Waals surface area (Å²) >= 11 is 0. The van der Waals surface area contributed by atoms with E-state index in [-0.39, 0.29) is 36.2 Å². The van der Waals surface area contributed by atoms with Crippen molar-refractivity contribution in [2.45, 2.75) is 27.2 Å². The highest BCUT2D eigenvalue weighted by atomic mass is 16.5. The van der Waals surface area contributed by atoms with Crippen LogP contribution < -0.4 is 5.73 Å². The summed E-state index contributed by atoms with van der Waals surface area (Å²) in [5.74, 6) is -0.442. The first-order valence-corrected chi connectivity index (χ1v) is 7.30. The first-order chi connectivity index (χ1) is 9.62. The van der Waals surface area contributed by atoms with Crippen LogP contribution in [-0.2, 0) is 14.3 Å². The molecule has 0 aromatic rings. The highest BCUT2D eigenvalue weighted by Gasteiger charge is 2.28. The van der Waals surface area contributed by atoms with E-state index in [1.165, 1.54) is 4.90 Å². The van der Waals surface area contributed by atoms with Gasteiger partial charge in [-0.15, -0.1) is 0 Å². The van der Waals surface area contributed by atoms with Crippen LogP contribution in [0.25, 0.3) is 0 Å². The van der Waals surface area contributed by atoms with Gasteiger partial charge in [-0.2, -0.15) is 0 Å². The fourth-order valence-electron chi connectivity index (χ4n) is 2.04. The largest absolute Gasteiger partial charge is 0.383 e. The minimum absolute atomic E-state index is 0.0121. The fraction of sp³-hybridized carbons (Fsp3) is 0.867. The third kappa shape index (κ3) is 8.02. The Bertz CT molecular complexity index is 338. The van der Waals surface area contributed by atoms with Crippen LogP contribution in [0, 0.1) is 11.3 Å². The van der Waals surface area contributed by atoms with Crippen molar-refractivity contribution in [3.05, 3.63) is 0 Å². The van der Waals surface area contributed by atoms with Gasteiger partial charge in [-0.25, -0.2) is 0 Å². The molecule has 1 unspecified atom stereocenters. The SMILES string of the molecule is COCCN(CC(=O)N(C)C)C(=O)C(CN)CC(C)(C)C. The van der Waals surface area contributed by atoms with Crippen molar-refractivity contribution in [1.82, 2.24) is 9.80 Å². The van der Waals surface area contributed by atoms with Crippen molar-refractivity contribution < 1.29 is 14.3 Å². The molecule has 0 aliphatic carbocycles. The summed E-state index contributed by atoms with van der Waals surface area (Å²) in [5, 5.41) is 0. The number of amides is 2. The Hall–Kier alpha value is -1.14. The maximum absolute atomic E-state index is 12.6. The summed E-state index contributed by atoms with van der Waals surface area (Å²) in [7, 11) is 4.93. The number of ether oxygens (including phenoxy) is 1. The molecule has 0 radical (unpaired) electrons. The first-order valence-electron chi connectivity index (χ1n) is 7.30. The van der Waals surface area contributed by atoms with Crippen LogP contribution in [0.15, 0.2) is 0 Å². The van der Waals surface area contributed by atoms with Crippen LogP contribution in [0.1, 0.15) is 27.2 Å². The molecule has 124 valence electrons. The van der Waals surface area contributed by atoms with E-state index in [0.717, 1.165) is 0 Å². The molecular weight excluding hydrogens is 270 g/mol. The number of methoxy groups -OCH3 is 1. The van der Waals surface area contributed by atoms with Crippen molar-refractivity contribution in [3.8, 4) is 0 Å². The molecule has 0 aromatic carbocycles. The molecule has 0 aliphatic rings. The summed E-state index contributed by atoms with van der Waals surface area (Å²) in [6.07, 6.45) is 0.696. The molecule has 0 saturated heterocycles. The number of rotatable bonds is 8. The molecule has 6 nitrogen and oxygen atoms in total. The van der Waals surface area contributed by atoms with Gasteiger partial charge in [-0.3, -0.25) is 9.59 Å². The number of nitrogens with two attached hydrogens (primary N) is 1. The summed E-state index contributed by atoms with van der Waals surface area (Å²) in [4.78, 5) is 27.5. The zero-order valence-electron chi connectivity index (χ0n) is 14.3. The van der Waals surface area contributed by atoms with Gasteiger partial charge < -0.3 is 20.3 Å². The third-order valence-corrected chi connectivity index (χ3v) is 3.19. The molecule has 0 saturated carbocycles. The second-order valence-electron chi connectivity index (χ2n) is 6.74. The van der Waals surface area contributed by atoms with Crippen LogP contribution in [0.2, 0.25) is 0 Å². The molecule has 0 bridgehead atoms. The standard InChI is InChI=1S/C15H31N3O3/c1-15(2,3)9-12(10-16)14(20)18(7-8-21-6)11-13(19)17(4)5/h12H,7-11,16H2,1-6H3. The number of likely N-dealkylation sites (N-methyl/N-ethyl adjacent to an activating group) is 1. The van der Waals surface area contributed by atoms with Gasteiger partial charge in [0.1, 0.15) is 0 Å². The molecule has 0 heterocycles. The molecule has 6 heteroatoms. The van der Waals surface area contributed by atoms with Gasteiger partial charge in [0.2, 0.25) is 11.8 Å². The van der Waals surface area contributed by atoms with Gasteiger partial charge in [0, 0.05) is 34.3 Å². The van der Waals surface area contributed by atoms with Crippen molar-refractivity contribution >= 4 is 11.8 Å². The number of hydrogen-bond donors (Lipinski definition) is 1. The van der Waals surface area contributed by atoms with Gasteiger partial charge in [-0.1, -0.05) is 20.8 Å². The molecular formula is C15H31N3O3. The molecule has 0 aromatic heterocycles. The Morgan fingerprint density at radius 1 is 1.24 bits per heavy atom. The van der Waals surface area contributed by atoms with Crippen LogP contribution in [0.5, 0.6) is 0 Å². The summed E-state index contributed by atoms with van der Waals surface area (Å²) < 4.78 is 5.03. The van der Waals surface area contributed by atoms with Crippen molar-refractivity contribution in [1.29, 1.82) is 0 Å². The molecule has 2 amide bonds. The van der Waals surface area contributed by atoms with E-state index in [2.05, 4.69) is 20.8 Å². The third-order valence-electron chi connectivity index (χ3n) is 3.19. The van der Waals surface area contributed by atoms with E-state index in [0.29, 0.717) is 19.6 Å². The average Bonchev–Trinajstić information content (AvgIpc) is 2.38. The predicted octanol–water partition coefficient (Wildman–Crippen LogP) is 0.561. The second-order valence-corrected chi connectivity index (χ2v) is 6.74. The van der Waals surface area contributed by atoms with Gasteiger partial charge in [0.15, 0.2) is 0 Å². The van der Waals surface area contributed by atoms with Crippen LogP contribution >= 0.6 is 0 Å². The molecule has 2 N–H and O–H groups in total. The number of hydrogen-bond acceptors (Lipinski definition) is 4. The second kappa shape index (κ2) is 9.00. The van der Waals surface area contributed by atoms with Crippen LogP contribution in [0.3, 0.4) is 0 Å². The lowest BCUT2D eigenvalue weighted by Crippen LogP contribution is -2.46. The highest BCUT2D eigenvalue weighted by molar-refractivity contribution is 5.85. The lowest BCUT2D eigenvalue weighted by Gasteiger charge is -2.30. The Balaban J connectivity index is 4.93. The van der Waals surface area contributed by atoms with Gasteiger partial charge >= 0.3 is 0 Å². The summed E-state index contributed by atoms with van der Waals surface area (Å²) in [6.45, 7) is 7.38. The minimum Gasteiger partial charge on any atom is -0.383 e. The number of nitrogens with zero attached hydrogens (tertiary/aromatic N) is 2. The monoisotopic (exact) mass is 301 g/mol. The Morgan fingerprint density at radius 2 is 1.81 bits per heavy atom. The van der Waals surface area contributed by atoms with E-state index in [4.69, 9.17) is 10.5 Å². The molecule has 21 heavy (non-hydrogen) atoms. The smallest absolute Gasteiger partial charge is 0.241 e. The summed E-state index contributed by atoms with van der Waals surface area (Å²) in [6, 6.07) is 0. The van der Waals surface area contributed by atoms with E-state index in [1.807, 2.05) is 0 Å². The molecule has 0 fully saturated rings. The molecule has 0 rings (SSSR count). The molecule has 0 spiro atoms. The lowest BCUT2D eigenvalue weighted by molar-refractivity contribution is -0.143. The van der Waals surface area contributed by atoms with Gasteiger partial charge in [-0.05, 0) is 11.8 Å². The Morgan fingerprint density at radius 3 is 2.19 bits per heavy atom. The zero-order valence-corrected chi connectivity index (χ0v) is 14.3. The fourth-order valence-corrected chi connectivity index (χ4v) is 2.04. The highest BCUT2D eigenvalue weighted by Crippen LogP contribution is 2.25. The summed E-state index contributed by atoms with van der Waals surface area (Å²) in [5.41, 5.74) is 5.78. The Labute approximate surface area is 128 Å². The van der Waals surface area contributed by atoms with Crippen molar-refractivity contribution in [3.63, 3.8) is 0 Å². The van der Waals surface area contributed by atoms with E-state index in [9.17, 15) is 9.59 Å². The molecule has 0 aliphatic heterocycles. The maximum atomic E-state index is 12.6. The van der Waals surface area contributed by atoms with Crippen LogP contribution in [0.4, 0.5) is 0 Å². The van der Waals surface area contributed by atoms with E-state index < -0.39 is 0 Å². The normalized spacial score (nSPS) is 12.9. The average molecular weight is 301 g/mol. The predicted molar refractivity (Wildman–Crippen MR) is 83.8 cm³/mol. The topological polar surface area (TPSA) is 75.9 Å². The van der Waals surface area contributed by atoms with Crippen molar-refractivity contribution in [2.75, 3.05) is 47.4 Å². The van der Waals surface area contributed by atoms with E-state index in [1.54, 1.807) is 26.1 Å². The lowest BCUT2D eigenvalue weighted by atomic mass is 9.84. The van der Waals surface area contributed by atoms with Gasteiger partial charge in [0.05, 0.1) is 19.1 Å². The zero-order chi connectivity index (χ0) is 16.6. The number of carbonyl (C=O) groups is 2. The quantitative estimate of drug-likeness (QED) is 0.711. The maximum Gasteiger partial charge on any atom is 0.241 e. The number of carbonyl (C=O) groups excluding carboxylic acids is 2. The first kappa shape index (κ1) is 19.9. The van der Waals surface area contributed by atoms with Crippen molar-refractivity contribution in [2.24, 2.45) is 17.1 Å². The van der Waals surface area contributed by atoms with E-state index >= 15 is 0 Å².